The molecule has 1 aliphatic heterocycles. The number of rotatable bonds is 6. The summed E-state index contributed by atoms with van der Waals surface area (Å²) in [6, 6.07) is 0.363. The van der Waals surface area contributed by atoms with Crippen molar-refractivity contribution in [2.75, 3.05) is 34.2 Å². The summed E-state index contributed by atoms with van der Waals surface area (Å²) < 4.78 is 6.03. The normalized spacial score (nSPS) is 31.7. The smallest absolute Gasteiger partial charge is 0.0747 e. The van der Waals surface area contributed by atoms with Gasteiger partial charge < -0.3 is 15.4 Å². The topological polar surface area (TPSA) is 41.7 Å². The molecular weight excluding hydrogens is 238 g/mol. The fraction of sp³-hybridized carbons (Fsp3) is 1.00. The highest BCUT2D eigenvalue weighted by Crippen LogP contribution is 2.37. The predicted molar refractivity (Wildman–Crippen MR) is 79.3 cm³/mol. The lowest BCUT2D eigenvalue weighted by atomic mass is 9.75. The molecule has 0 amide bonds. The molecule has 3 unspecified atom stereocenters. The molecular formula is C15H31N3O. The van der Waals surface area contributed by atoms with E-state index in [2.05, 4.69) is 37.9 Å². The maximum Gasteiger partial charge on any atom is 0.0747 e. The molecule has 1 aliphatic carbocycles. The van der Waals surface area contributed by atoms with Crippen molar-refractivity contribution in [2.24, 2.45) is 5.73 Å². The summed E-state index contributed by atoms with van der Waals surface area (Å²) in [6.45, 7) is 3.97. The van der Waals surface area contributed by atoms with Crippen LogP contribution in [-0.4, -0.2) is 67.8 Å². The molecule has 2 rings (SSSR count). The molecule has 0 aromatic heterocycles. The minimum atomic E-state index is 0.323. The molecule has 0 aromatic rings. The Bertz CT molecular complexity index is 291. The first-order chi connectivity index (χ1) is 8.98. The van der Waals surface area contributed by atoms with Crippen LogP contribution in [0.2, 0.25) is 0 Å². The Morgan fingerprint density at radius 3 is 2.32 bits per heavy atom. The van der Waals surface area contributed by atoms with E-state index in [0.717, 1.165) is 13.0 Å². The lowest BCUT2D eigenvalue weighted by Crippen LogP contribution is -2.60. The average Bonchev–Trinajstić information content (AvgIpc) is 2.70. The van der Waals surface area contributed by atoms with Crippen molar-refractivity contribution in [3.05, 3.63) is 0 Å². The van der Waals surface area contributed by atoms with E-state index in [0.29, 0.717) is 30.3 Å². The van der Waals surface area contributed by atoms with Crippen LogP contribution < -0.4 is 5.73 Å². The van der Waals surface area contributed by atoms with E-state index in [4.69, 9.17) is 10.5 Å². The van der Waals surface area contributed by atoms with Crippen molar-refractivity contribution in [1.82, 2.24) is 9.80 Å². The lowest BCUT2D eigenvalue weighted by Gasteiger charge is -2.50. The summed E-state index contributed by atoms with van der Waals surface area (Å²) in [6.07, 6.45) is 7.03. The molecule has 19 heavy (non-hydrogen) atoms. The van der Waals surface area contributed by atoms with E-state index >= 15 is 0 Å². The monoisotopic (exact) mass is 269 g/mol. The third kappa shape index (κ3) is 3.13. The first-order valence-corrected chi connectivity index (χ1v) is 7.72. The molecule has 4 heteroatoms. The van der Waals surface area contributed by atoms with Gasteiger partial charge in [-0.15, -0.1) is 0 Å². The van der Waals surface area contributed by atoms with Crippen LogP contribution in [0.4, 0.5) is 0 Å². The number of hydrogen-bond acceptors (Lipinski definition) is 4. The van der Waals surface area contributed by atoms with Crippen molar-refractivity contribution in [1.29, 1.82) is 0 Å². The van der Waals surface area contributed by atoms with Crippen molar-refractivity contribution in [2.45, 2.75) is 62.8 Å². The molecule has 1 saturated heterocycles. The minimum Gasteiger partial charge on any atom is -0.374 e. The Hall–Kier alpha value is -0.160. The quantitative estimate of drug-likeness (QED) is 0.789. The fourth-order valence-corrected chi connectivity index (χ4v) is 3.65. The molecule has 2 aliphatic rings. The van der Waals surface area contributed by atoms with E-state index in [-0.39, 0.29) is 0 Å². The standard InChI is InChI=1S/C15H31N3O/c1-12-6-7-14(19-12)13(10-16)18(4)11-15(17(2)3)8-5-9-15/h12-14H,5-11,16H2,1-4H3. The van der Waals surface area contributed by atoms with Crippen molar-refractivity contribution in [3.63, 3.8) is 0 Å². The third-order valence-corrected chi connectivity index (χ3v) is 5.28. The van der Waals surface area contributed by atoms with Gasteiger partial charge in [0.15, 0.2) is 0 Å². The van der Waals surface area contributed by atoms with Gasteiger partial charge in [-0.1, -0.05) is 0 Å². The zero-order valence-electron chi connectivity index (χ0n) is 13.1. The highest BCUT2D eigenvalue weighted by atomic mass is 16.5. The first-order valence-electron chi connectivity index (χ1n) is 7.72. The predicted octanol–water partition coefficient (Wildman–Crippen LogP) is 1.30. The zero-order chi connectivity index (χ0) is 14.0. The fourth-order valence-electron chi connectivity index (χ4n) is 3.65. The maximum absolute atomic E-state index is 6.03. The number of hydrogen-bond donors (Lipinski definition) is 1. The van der Waals surface area contributed by atoms with E-state index in [1.807, 2.05) is 0 Å². The summed E-state index contributed by atoms with van der Waals surface area (Å²) in [7, 11) is 6.63. The summed E-state index contributed by atoms with van der Waals surface area (Å²) in [5.74, 6) is 0. The highest BCUT2D eigenvalue weighted by molar-refractivity contribution is 4.99. The summed E-state index contributed by atoms with van der Waals surface area (Å²) in [5.41, 5.74) is 6.39. The zero-order valence-corrected chi connectivity index (χ0v) is 13.1. The van der Waals surface area contributed by atoms with Gasteiger partial charge in [-0.25, -0.2) is 0 Å². The highest BCUT2D eigenvalue weighted by Gasteiger charge is 2.42. The molecule has 0 bridgehead atoms. The van der Waals surface area contributed by atoms with Crippen LogP contribution in [0.15, 0.2) is 0 Å². The Kier molecular flexibility index (Phi) is 4.88. The number of ether oxygens (including phenoxy) is 1. The second-order valence-corrected chi connectivity index (χ2v) is 6.75. The second kappa shape index (κ2) is 6.08. The van der Waals surface area contributed by atoms with Crippen molar-refractivity contribution in [3.8, 4) is 0 Å². The van der Waals surface area contributed by atoms with Crippen LogP contribution in [0, 0.1) is 0 Å². The Balaban J connectivity index is 1.95. The van der Waals surface area contributed by atoms with Gasteiger partial charge >= 0.3 is 0 Å². The average molecular weight is 269 g/mol. The summed E-state index contributed by atoms with van der Waals surface area (Å²) >= 11 is 0. The minimum absolute atomic E-state index is 0.323. The van der Waals surface area contributed by atoms with E-state index in [1.165, 1.54) is 25.7 Å². The van der Waals surface area contributed by atoms with Gasteiger partial charge in [-0.05, 0) is 60.2 Å². The van der Waals surface area contributed by atoms with Gasteiger partial charge in [-0.3, -0.25) is 4.90 Å². The molecule has 112 valence electrons. The van der Waals surface area contributed by atoms with Crippen molar-refractivity contribution < 1.29 is 4.74 Å². The van der Waals surface area contributed by atoms with E-state index < -0.39 is 0 Å². The molecule has 2 fully saturated rings. The van der Waals surface area contributed by atoms with Gasteiger partial charge in [0, 0.05) is 24.7 Å². The van der Waals surface area contributed by atoms with Crippen LogP contribution >= 0.6 is 0 Å². The Morgan fingerprint density at radius 2 is 1.95 bits per heavy atom. The maximum atomic E-state index is 6.03. The van der Waals surface area contributed by atoms with Crippen LogP contribution in [-0.2, 0) is 4.74 Å². The Morgan fingerprint density at radius 1 is 1.26 bits per heavy atom. The SMILES string of the molecule is CC1CCC(C(CN)N(C)CC2(N(C)C)CCC2)O1. The second-order valence-electron chi connectivity index (χ2n) is 6.75. The van der Waals surface area contributed by atoms with Crippen LogP contribution in [0.1, 0.15) is 39.0 Å². The molecule has 0 radical (unpaired) electrons. The molecule has 2 N–H and O–H groups in total. The van der Waals surface area contributed by atoms with Gasteiger partial charge in [-0.2, -0.15) is 0 Å². The number of nitrogens with zero attached hydrogens (tertiary/aromatic N) is 2. The molecule has 0 spiro atoms. The molecule has 3 atom stereocenters. The van der Waals surface area contributed by atoms with E-state index in [1.54, 1.807) is 0 Å². The van der Waals surface area contributed by atoms with Gasteiger partial charge in [0.1, 0.15) is 0 Å². The molecule has 4 nitrogen and oxygen atoms in total. The van der Waals surface area contributed by atoms with Gasteiger partial charge in [0.2, 0.25) is 0 Å². The van der Waals surface area contributed by atoms with Gasteiger partial charge in [0.25, 0.3) is 0 Å². The summed E-state index contributed by atoms with van der Waals surface area (Å²) in [4.78, 5) is 4.85. The third-order valence-electron chi connectivity index (χ3n) is 5.28. The van der Waals surface area contributed by atoms with Crippen LogP contribution in [0.25, 0.3) is 0 Å². The number of likely N-dealkylation sites (N-methyl/N-ethyl adjacent to an activating group) is 2. The molecule has 1 saturated carbocycles. The van der Waals surface area contributed by atoms with Crippen LogP contribution in [0.5, 0.6) is 0 Å². The summed E-state index contributed by atoms with van der Waals surface area (Å²) in [5, 5.41) is 0. The molecule has 1 heterocycles. The van der Waals surface area contributed by atoms with Gasteiger partial charge in [0.05, 0.1) is 12.2 Å². The van der Waals surface area contributed by atoms with Crippen LogP contribution in [0.3, 0.4) is 0 Å². The Labute approximate surface area is 118 Å². The lowest BCUT2D eigenvalue weighted by molar-refractivity contribution is -0.0299. The first kappa shape index (κ1) is 15.2. The van der Waals surface area contributed by atoms with Crippen molar-refractivity contribution >= 4 is 0 Å². The van der Waals surface area contributed by atoms with E-state index in [9.17, 15) is 0 Å². The largest absolute Gasteiger partial charge is 0.374 e. The molecule has 0 aromatic carbocycles. The number of nitrogens with two attached hydrogens (primary N) is 1.